The van der Waals surface area contributed by atoms with Crippen LogP contribution in [-0.4, -0.2) is 21.2 Å². The highest BCUT2D eigenvalue weighted by molar-refractivity contribution is 5.88. The van der Waals surface area contributed by atoms with E-state index in [0.717, 1.165) is 5.56 Å². The normalized spacial score (nSPS) is 10.7. The Bertz CT molecular complexity index is 756. The molecule has 1 aromatic carbocycles. The molecule has 0 spiro atoms. The van der Waals surface area contributed by atoms with E-state index in [1.165, 1.54) is 12.1 Å². The molecule has 0 unspecified atom stereocenters. The van der Waals surface area contributed by atoms with E-state index in [0.29, 0.717) is 23.0 Å². The lowest BCUT2D eigenvalue weighted by Gasteiger charge is -1.95. The molecule has 0 fully saturated rings. The largest absolute Gasteiger partial charge is 0.478 e. The van der Waals surface area contributed by atoms with Crippen LogP contribution in [0.2, 0.25) is 0 Å². The van der Waals surface area contributed by atoms with Gasteiger partial charge in [-0.25, -0.2) is 4.79 Å². The molecule has 0 radical (unpaired) electrons. The Balaban J connectivity index is 1.94. The number of rotatable bonds is 3. The van der Waals surface area contributed by atoms with Gasteiger partial charge in [-0.1, -0.05) is 17.3 Å². The molecule has 0 saturated heterocycles. The van der Waals surface area contributed by atoms with Crippen LogP contribution >= 0.6 is 0 Å². The van der Waals surface area contributed by atoms with E-state index >= 15 is 0 Å². The van der Waals surface area contributed by atoms with Crippen LogP contribution in [0.3, 0.4) is 0 Å². The summed E-state index contributed by atoms with van der Waals surface area (Å²) in [4.78, 5) is 15.0. The molecule has 0 amide bonds. The molecule has 2 heterocycles. The first kappa shape index (κ1) is 12.2. The average molecular weight is 270 g/mol. The minimum absolute atomic E-state index is 0.208. The van der Waals surface area contributed by atoms with Crippen LogP contribution < -0.4 is 0 Å². The highest BCUT2D eigenvalue weighted by Crippen LogP contribution is 2.25. The van der Waals surface area contributed by atoms with Gasteiger partial charge in [0.1, 0.15) is 0 Å². The minimum atomic E-state index is -0.975. The number of aryl methyl sites for hydroxylation is 1. The molecule has 100 valence electrons. The average Bonchev–Trinajstić information content (AvgIpc) is 3.07. The molecule has 0 aliphatic carbocycles. The lowest BCUT2D eigenvalue weighted by Crippen LogP contribution is -1.95. The number of carboxylic acids is 1. The lowest BCUT2D eigenvalue weighted by molar-refractivity contribution is 0.0697. The van der Waals surface area contributed by atoms with E-state index in [1.54, 1.807) is 24.5 Å². The third-order valence-corrected chi connectivity index (χ3v) is 2.87. The summed E-state index contributed by atoms with van der Waals surface area (Å²) in [5.41, 5.74) is 1.79. The number of furan rings is 1. The Morgan fingerprint density at radius 3 is 2.55 bits per heavy atom. The van der Waals surface area contributed by atoms with Gasteiger partial charge in [-0.05, 0) is 25.1 Å². The maximum atomic E-state index is 10.8. The summed E-state index contributed by atoms with van der Waals surface area (Å²) >= 11 is 0. The molecule has 3 aromatic rings. The Labute approximate surface area is 113 Å². The number of aromatic carboxylic acids is 1. The predicted molar refractivity (Wildman–Crippen MR) is 69.1 cm³/mol. The predicted octanol–water partition coefficient (Wildman–Crippen LogP) is 3.00. The van der Waals surface area contributed by atoms with Gasteiger partial charge in [0.2, 0.25) is 5.82 Å². The first-order chi connectivity index (χ1) is 9.65. The highest BCUT2D eigenvalue weighted by atomic mass is 16.5. The summed E-state index contributed by atoms with van der Waals surface area (Å²) in [7, 11) is 0. The fourth-order valence-electron chi connectivity index (χ4n) is 1.79. The van der Waals surface area contributed by atoms with Crippen LogP contribution in [0.5, 0.6) is 0 Å². The van der Waals surface area contributed by atoms with E-state index in [-0.39, 0.29) is 5.56 Å². The molecule has 0 atom stereocenters. The van der Waals surface area contributed by atoms with E-state index in [2.05, 4.69) is 10.1 Å². The third kappa shape index (κ3) is 2.07. The maximum Gasteiger partial charge on any atom is 0.335 e. The van der Waals surface area contributed by atoms with Gasteiger partial charge in [-0.15, -0.1) is 0 Å². The summed E-state index contributed by atoms with van der Waals surface area (Å²) in [5, 5.41) is 12.7. The van der Waals surface area contributed by atoms with Crippen molar-refractivity contribution < 1.29 is 18.8 Å². The van der Waals surface area contributed by atoms with Gasteiger partial charge in [-0.3, -0.25) is 0 Å². The fraction of sp³-hybridized carbons (Fsp3) is 0.0714. The van der Waals surface area contributed by atoms with Crippen LogP contribution in [0.1, 0.15) is 15.9 Å². The van der Waals surface area contributed by atoms with Crippen molar-refractivity contribution in [2.24, 2.45) is 0 Å². The molecule has 6 nitrogen and oxygen atoms in total. The van der Waals surface area contributed by atoms with Crippen LogP contribution in [0, 0.1) is 6.92 Å². The molecular formula is C14H10N2O4. The summed E-state index contributed by atoms with van der Waals surface area (Å²) in [5.74, 6) is 0.236. The number of carboxylic acid groups (broad SMARTS) is 1. The second kappa shape index (κ2) is 4.65. The number of hydrogen-bond acceptors (Lipinski definition) is 5. The number of benzene rings is 1. The van der Waals surface area contributed by atoms with E-state index in [4.69, 9.17) is 14.0 Å². The van der Waals surface area contributed by atoms with Gasteiger partial charge in [0.15, 0.2) is 5.76 Å². The van der Waals surface area contributed by atoms with Crippen LogP contribution in [0.4, 0.5) is 0 Å². The standard InChI is InChI=1S/C14H10N2O4/c1-8-6-7-19-11(8)13-15-12(16-20-13)9-2-4-10(5-3-9)14(17)18/h2-7H,1H3,(H,17,18). The SMILES string of the molecule is Cc1ccoc1-c1nc(-c2ccc(C(=O)O)cc2)no1. The zero-order valence-corrected chi connectivity index (χ0v) is 10.5. The summed E-state index contributed by atoms with van der Waals surface area (Å²) in [6.07, 6.45) is 1.55. The Morgan fingerprint density at radius 2 is 1.95 bits per heavy atom. The maximum absolute atomic E-state index is 10.8. The highest BCUT2D eigenvalue weighted by Gasteiger charge is 2.15. The van der Waals surface area contributed by atoms with Crippen molar-refractivity contribution in [2.45, 2.75) is 6.92 Å². The molecule has 0 bridgehead atoms. The van der Waals surface area contributed by atoms with Crippen molar-refractivity contribution in [1.29, 1.82) is 0 Å². The molecule has 3 rings (SSSR count). The van der Waals surface area contributed by atoms with Crippen molar-refractivity contribution in [2.75, 3.05) is 0 Å². The first-order valence-electron chi connectivity index (χ1n) is 5.87. The van der Waals surface area contributed by atoms with E-state index < -0.39 is 5.97 Å². The smallest absolute Gasteiger partial charge is 0.335 e. The molecule has 0 saturated carbocycles. The first-order valence-corrected chi connectivity index (χ1v) is 5.87. The fourth-order valence-corrected chi connectivity index (χ4v) is 1.79. The molecule has 6 heteroatoms. The van der Waals surface area contributed by atoms with E-state index in [1.807, 2.05) is 6.92 Å². The van der Waals surface area contributed by atoms with Crippen LogP contribution in [0.25, 0.3) is 23.0 Å². The van der Waals surface area contributed by atoms with Crippen molar-refractivity contribution >= 4 is 5.97 Å². The summed E-state index contributed by atoms with van der Waals surface area (Å²) in [6.45, 7) is 1.88. The van der Waals surface area contributed by atoms with Crippen LogP contribution in [0.15, 0.2) is 45.5 Å². The van der Waals surface area contributed by atoms with Gasteiger partial charge < -0.3 is 14.0 Å². The zero-order valence-electron chi connectivity index (χ0n) is 10.5. The Morgan fingerprint density at radius 1 is 1.20 bits per heavy atom. The van der Waals surface area contributed by atoms with Crippen LogP contribution in [-0.2, 0) is 0 Å². The second-order valence-electron chi connectivity index (χ2n) is 4.24. The van der Waals surface area contributed by atoms with Crippen molar-refractivity contribution in [1.82, 2.24) is 10.1 Å². The van der Waals surface area contributed by atoms with Gasteiger partial charge >= 0.3 is 5.97 Å². The topological polar surface area (TPSA) is 89.4 Å². The van der Waals surface area contributed by atoms with Crippen molar-refractivity contribution in [3.05, 3.63) is 47.7 Å². The molecule has 0 aliphatic rings. The molecule has 2 aromatic heterocycles. The van der Waals surface area contributed by atoms with Crippen molar-refractivity contribution in [3.8, 4) is 23.0 Å². The molecule has 20 heavy (non-hydrogen) atoms. The quantitative estimate of drug-likeness (QED) is 0.786. The molecule has 1 N–H and O–H groups in total. The van der Waals surface area contributed by atoms with E-state index in [9.17, 15) is 4.79 Å². The lowest BCUT2D eigenvalue weighted by atomic mass is 10.1. The monoisotopic (exact) mass is 270 g/mol. The Hall–Kier alpha value is -2.89. The molecular weight excluding hydrogens is 260 g/mol. The van der Waals surface area contributed by atoms with Gasteiger partial charge in [-0.2, -0.15) is 4.98 Å². The Kier molecular flexibility index (Phi) is 2.83. The summed E-state index contributed by atoms with van der Waals surface area (Å²) < 4.78 is 10.4. The minimum Gasteiger partial charge on any atom is -0.478 e. The number of nitrogens with zero attached hydrogens (tertiary/aromatic N) is 2. The van der Waals surface area contributed by atoms with Gasteiger partial charge in [0.25, 0.3) is 5.89 Å². The zero-order chi connectivity index (χ0) is 14.1. The number of hydrogen-bond donors (Lipinski definition) is 1. The third-order valence-electron chi connectivity index (χ3n) is 2.87. The number of aromatic nitrogens is 2. The molecule has 0 aliphatic heterocycles. The summed E-state index contributed by atoms with van der Waals surface area (Å²) in [6, 6.07) is 8.05. The second-order valence-corrected chi connectivity index (χ2v) is 4.24. The number of carbonyl (C=O) groups is 1. The van der Waals surface area contributed by atoms with Gasteiger partial charge in [0.05, 0.1) is 11.8 Å². The van der Waals surface area contributed by atoms with Gasteiger partial charge in [0, 0.05) is 11.1 Å². The van der Waals surface area contributed by atoms with Crippen molar-refractivity contribution in [3.63, 3.8) is 0 Å².